The van der Waals surface area contributed by atoms with Gasteiger partial charge in [0.1, 0.15) is 17.2 Å². The maximum Gasteiger partial charge on any atom is 0.191 e. The third kappa shape index (κ3) is 5.05. The van der Waals surface area contributed by atoms with Gasteiger partial charge in [-0.3, -0.25) is 10.4 Å². The number of rotatable bonds is 6. The monoisotopic (exact) mass is 392 g/mol. The lowest BCUT2D eigenvalue weighted by molar-refractivity contribution is 0.395. The molecule has 1 heterocycles. The number of nitrogens with one attached hydrogen (secondary N) is 2. The maximum atomic E-state index is 5.38. The van der Waals surface area contributed by atoms with E-state index >= 15 is 0 Å². The van der Waals surface area contributed by atoms with Crippen molar-refractivity contribution in [2.45, 2.75) is 0 Å². The standard InChI is InChI=1S/C21H20N4O2S/c1-26-17-12-16(13-18(14-17)27-2)23-21(28)25-24-20(15-8-4-3-5-9-15)19-10-6-7-11-22-19/h3-14H,1-2H3,(H2,23,25,28)/b24-20-. The Kier molecular flexibility index (Phi) is 6.54. The van der Waals surface area contributed by atoms with E-state index in [0.717, 1.165) is 16.9 Å². The first kappa shape index (κ1) is 19.3. The van der Waals surface area contributed by atoms with Gasteiger partial charge in [0, 0.05) is 35.6 Å². The summed E-state index contributed by atoms with van der Waals surface area (Å²) < 4.78 is 10.5. The lowest BCUT2D eigenvalue weighted by atomic mass is 10.1. The highest BCUT2D eigenvalue weighted by molar-refractivity contribution is 7.80. The lowest BCUT2D eigenvalue weighted by Gasteiger charge is -2.12. The topological polar surface area (TPSA) is 67.8 Å². The van der Waals surface area contributed by atoms with Crippen LogP contribution in [-0.4, -0.2) is 30.0 Å². The molecule has 0 aliphatic rings. The number of ether oxygens (including phenoxy) is 2. The van der Waals surface area contributed by atoms with Gasteiger partial charge >= 0.3 is 0 Å². The van der Waals surface area contributed by atoms with Gasteiger partial charge in [-0.05, 0) is 24.4 Å². The Morgan fingerprint density at radius 1 is 0.929 bits per heavy atom. The molecule has 0 spiro atoms. The molecule has 0 atom stereocenters. The summed E-state index contributed by atoms with van der Waals surface area (Å²) in [7, 11) is 3.19. The molecule has 0 saturated carbocycles. The third-order valence-corrected chi connectivity index (χ3v) is 4.03. The van der Waals surface area contributed by atoms with Crippen LogP contribution in [0.15, 0.2) is 78.0 Å². The third-order valence-electron chi connectivity index (χ3n) is 3.83. The molecular formula is C21H20N4O2S. The van der Waals surface area contributed by atoms with E-state index in [0.29, 0.717) is 22.3 Å². The van der Waals surface area contributed by atoms with Crippen molar-refractivity contribution in [2.24, 2.45) is 5.10 Å². The smallest absolute Gasteiger partial charge is 0.191 e. The number of aromatic nitrogens is 1. The Labute approximate surface area is 169 Å². The molecule has 7 heteroatoms. The van der Waals surface area contributed by atoms with Crippen molar-refractivity contribution in [1.82, 2.24) is 10.4 Å². The highest BCUT2D eigenvalue weighted by Gasteiger charge is 2.09. The first-order valence-corrected chi connectivity index (χ1v) is 8.95. The molecule has 0 bridgehead atoms. The molecule has 3 aromatic rings. The lowest BCUT2D eigenvalue weighted by Crippen LogP contribution is -2.26. The molecule has 2 N–H and O–H groups in total. The number of methoxy groups -OCH3 is 2. The highest BCUT2D eigenvalue weighted by Crippen LogP contribution is 2.25. The van der Waals surface area contributed by atoms with E-state index in [9.17, 15) is 0 Å². The molecule has 0 saturated heterocycles. The van der Waals surface area contributed by atoms with Crippen LogP contribution >= 0.6 is 12.2 Å². The summed E-state index contributed by atoms with van der Waals surface area (Å²) >= 11 is 5.38. The van der Waals surface area contributed by atoms with Crippen molar-refractivity contribution < 1.29 is 9.47 Å². The minimum absolute atomic E-state index is 0.333. The molecule has 2 aromatic carbocycles. The average Bonchev–Trinajstić information content (AvgIpc) is 2.75. The molecular weight excluding hydrogens is 372 g/mol. The van der Waals surface area contributed by atoms with E-state index in [1.807, 2.05) is 60.7 Å². The maximum absolute atomic E-state index is 5.38. The van der Waals surface area contributed by atoms with Gasteiger partial charge in [0.2, 0.25) is 0 Å². The Balaban J connectivity index is 1.80. The van der Waals surface area contributed by atoms with E-state index in [1.165, 1.54) is 0 Å². The van der Waals surface area contributed by atoms with Crippen LogP contribution in [0.3, 0.4) is 0 Å². The van der Waals surface area contributed by atoms with Crippen LogP contribution in [0.25, 0.3) is 0 Å². The van der Waals surface area contributed by atoms with Gasteiger partial charge in [-0.15, -0.1) is 0 Å². The quantitative estimate of drug-likeness (QED) is 0.377. The number of nitrogens with zero attached hydrogens (tertiary/aromatic N) is 2. The Bertz CT molecular complexity index is 899. The fraction of sp³-hybridized carbons (Fsp3) is 0.0952. The number of anilines is 1. The summed E-state index contributed by atoms with van der Waals surface area (Å²) in [4.78, 5) is 4.40. The van der Waals surface area contributed by atoms with Crippen molar-refractivity contribution in [3.63, 3.8) is 0 Å². The van der Waals surface area contributed by atoms with Crippen LogP contribution in [-0.2, 0) is 0 Å². The predicted octanol–water partition coefficient (Wildman–Crippen LogP) is 3.84. The Morgan fingerprint density at radius 3 is 2.21 bits per heavy atom. The summed E-state index contributed by atoms with van der Waals surface area (Å²) in [5, 5.41) is 7.90. The Morgan fingerprint density at radius 2 is 1.61 bits per heavy atom. The van der Waals surface area contributed by atoms with Gasteiger partial charge < -0.3 is 14.8 Å². The summed E-state index contributed by atoms with van der Waals surface area (Å²) in [6.45, 7) is 0. The first-order valence-electron chi connectivity index (χ1n) is 8.54. The predicted molar refractivity (Wildman–Crippen MR) is 115 cm³/mol. The number of hydrazone groups is 1. The van der Waals surface area contributed by atoms with Crippen molar-refractivity contribution in [1.29, 1.82) is 0 Å². The molecule has 28 heavy (non-hydrogen) atoms. The molecule has 0 aliphatic carbocycles. The summed E-state index contributed by atoms with van der Waals surface area (Å²) in [5.41, 5.74) is 5.98. The molecule has 6 nitrogen and oxygen atoms in total. The van der Waals surface area contributed by atoms with Gasteiger partial charge in [-0.1, -0.05) is 36.4 Å². The van der Waals surface area contributed by atoms with Crippen molar-refractivity contribution >= 4 is 28.7 Å². The first-order chi connectivity index (χ1) is 13.7. The van der Waals surface area contributed by atoms with Crippen LogP contribution in [0.5, 0.6) is 11.5 Å². The van der Waals surface area contributed by atoms with Crippen molar-refractivity contribution in [2.75, 3.05) is 19.5 Å². The molecule has 142 valence electrons. The molecule has 0 aliphatic heterocycles. The van der Waals surface area contributed by atoms with Gasteiger partial charge in [0.05, 0.1) is 19.9 Å². The van der Waals surface area contributed by atoms with E-state index in [2.05, 4.69) is 20.8 Å². The molecule has 1 aromatic heterocycles. The fourth-order valence-corrected chi connectivity index (χ4v) is 2.68. The van der Waals surface area contributed by atoms with E-state index in [1.54, 1.807) is 26.5 Å². The number of hydrogen-bond acceptors (Lipinski definition) is 5. The molecule has 0 amide bonds. The summed E-state index contributed by atoms with van der Waals surface area (Å²) in [6.07, 6.45) is 1.73. The summed E-state index contributed by atoms with van der Waals surface area (Å²) in [6, 6.07) is 20.9. The normalized spacial score (nSPS) is 10.9. The second-order valence-electron chi connectivity index (χ2n) is 5.71. The second-order valence-corrected chi connectivity index (χ2v) is 6.12. The van der Waals surface area contributed by atoms with E-state index in [-0.39, 0.29) is 0 Å². The van der Waals surface area contributed by atoms with Crippen LogP contribution < -0.4 is 20.2 Å². The highest BCUT2D eigenvalue weighted by atomic mass is 32.1. The molecule has 0 fully saturated rings. The van der Waals surface area contributed by atoms with E-state index in [4.69, 9.17) is 21.7 Å². The van der Waals surface area contributed by atoms with Gasteiger partial charge in [0.25, 0.3) is 0 Å². The van der Waals surface area contributed by atoms with Crippen LogP contribution in [0, 0.1) is 0 Å². The molecule has 3 rings (SSSR count). The van der Waals surface area contributed by atoms with Crippen molar-refractivity contribution in [3.05, 3.63) is 84.2 Å². The van der Waals surface area contributed by atoms with Gasteiger partial charge in [-0.25, -0.2) is 0 Å². The SMILES string of the molecule is COc1cc(NC(=S)N/N=C(/c2ccccc2)c2ccccn2)cc(OC)c1. The van der Waals surface area contributed by atoms with Crippen molar-refractivity contribution in [3.8, 4) is 11.5 Å². The zero-order valence-corrected chi connectivity index (χ0v) is 16.4. The number of pyridine rings is 1. The Hall–Kier alpha value is -3.45. The van der Waals surface area contributed by atoms with E-state index < -0.39 is 0 Å². The number of benzene rings is 2. The zero-order valence-electron chi connectivity index (χ0n) is 15.5. The van der Waals surface area contributed by atoms with Crippen LogP contribution in [0.2, 0.25) is 0 Å². The minimum Gasteiger partial charge on any atom is -0.497 e. The van der Waals surface area contributed by atoms with Gasteiger partial charge in [0.15, 0.2) is 5.11 Å². The summed E-state index contributed by atoms with van der Waals surface area (Å²) in [5.74, 6) is 1.32. The molecule has 0 radical (unpaired) electrons. The molecule has 0 unspecified atom stereocenters. The fourth-order valence-electron chi connectivity index (χ4n) is 2.51. The second kappa shape index (κ2) is 9.48. The largest absolute Gasteiger partial charge is 0.497 e. The number of thiocarbonyl (C=S) groups is 1. The average molecular weight is 392 g/mol. The van der Waals surface area contributed by atoms with Crippen LogP contribution in [0.1, 0.15) is 11.3 Å². The zero-order chi connectivity index (χ0) is 19.8. The number of hydrogen-bond donors (Lipinski definition) is 2. The van der Waals surface area contributed by atoms with Crippen LogP contribution in [0.4, 0.5) is 5.69 Å². The minimum atomic E-state index is 0.333. The van der Waals surface area contributed by atoms with Gasteiger partial charge in [-0.2, -0.15) is 5.10 Å².